The number of nitrogens with one attached hydrogen (secondary N) is 1. The van der Waals surface area contributed by atoms with Crippen molar-refractivity contribution in [3.05, 3.63) is 51.1 Å². The molecule has 6 heteroatoms. The van der Waals surface area contributed by atoms with E-state index >= 15 is 0 Å². The van der Waals surface area contributed by atoms with Gasteiger partial charge in [0.05, 0.1) is 11.1 Å². The van der Waals surface area contributed by atoms with E-state index in [1.165, 1.54) is 23.3 Å². The zero-order valence-electron chi connectivity index (χ0n) is 13.3. The number of hydrazone groups is 1. The third-order valence-electron chi connectivity index (χ3n) is 4.34. The molecular weight excluding hydrogens is 384 g/mol. The van der Waals surface area contributed by atoms with Crippen LogP contribution in [-0.2, 0) is 12.8 Å². The molecule has 0 bridgehead atoms. The first-order valence-electron chi connectivity index (χ1n) is 8.04. The normalized spacial score (nSPS) is 14.7. The van der Waals surface area contributed by atoms with Crippen molar-refractivity contribution in [2.45, 2.75) is 32.6 Å². The number of halogens is 1. The highest BCUT2D eigenvalue weighted by Gasteiger charge is 2.19. The number of rotatable bonds is 3. The van der Waals surface area contributed by atoms with E-state index in [2.05, 4.69) is 36.4 Å². The van der Waals surface area contributed by atoms with E-state index in [1.54, 1.807) is 17.7 Å². The zero-order valence-corrected chi connectivity index (χ0v) is 15.7. The summed E-state index contributed by atoms with van der Waals surface area (Å²) in [6.07, 6.45) is 6.42. The molecule has 1 aliphatic carbocycles. The van der Waals surface area contributed by atoms with Gasteiger partial charge in [-0.15, -0.1) is 11.3 Å². The minimum absolute atomic E-state index is 0.816. The van der Waals surface area contributed by atoms with Crippen LogP contribution in [0.2, 0.25) is 0 Å². The number of aryl methyl sites for hydroxylation is 2. The van der Waals surface area contributed by atoms with Crippen molar-refractivity contribution in [3.63, 3.8) is 0 Å². The van der Waals surface area contributed by atoms with Gasteiger partial charge in [-0.05, 0) is 55.9 Å². The summed E-state index contributed by atoms with van der Waals surface area (Å²) in [5, 5.41) is 5.70. The zero-order chi connectivity index (χ0) is 16.5. The van der Waals surface area contributed by atoms with Gasteiger partial charge >= 0.3 is 0 Å². The Bertz CT molecular complexity index is 915. The van der Waals surface area contributed by atoms with Gasteiger partial charge in [0.15, 0.2) is 5.82 Å². The third kappa shape index (κ3) is 2.96. The molecule has 1 aromatic carbocycles. The number of hydrogen-bond donors (Lipinski definition) is 1. The lowest BCUT2D eigenvalue weighted by molar-refractivity contribution is 0.700. The van der Waals surface area contributed by atoms with Crippen molar-refractivity contribution in [2.75, 3.05) is 5.43 Å². The van der Waals surface area contributed by atoms with Crippen LogP contribution in [-0.4, -0.2) is 15.7 Å². The highest BCUT2D eigenvalue weighted by Crippen LogP contribution is 2.38. The Labute approximate surface area is 153 Å². The van der Waals surface area contributed by atoms with E-state index in [9.17, 15) is 0 Å². The van der Waals surface area contributed by atoms with E-state index in [0.29, 0.717) is 0 Å². The fourth-order valence-electron chi connectivity index (χ4n) is 3.07. The minimum atomic E-state index is 0.816. The van der Waals surface area contributed by atoms with Crippen LogP contribution in [0.25, 0.3) is 10.2 Å². The van der Waals surface area contributed by atoms with E-state index in [4.69, 9.17) is 0 Å². The van der Waals surface area contributed by atoms with Gasteiger partial charge in [-0.25, -0.2) is 9.97 Å². The molecule has 0 amide bonds. The van der Waals surface area contributed by atoms with Gasteiger partial charge in [0, 0.05) is 9.35 Å². The molecule has 0 saturated heterocycles. The second-order valence-corrected chi connectivity index (χ2v) is 7.93. The fraction of sp³-hybridized carbons (Fsp3) is 0.278. The quantitative estimate of drug-likeness (QED) is 0.487. The summed E-state index contributed by atoms with van der Waals surface area (Å²) < 4.78 is 1.06. The second kappa shape index (κ2) is 6.61. The van der Waals surface area contributed by atoms with Gasteiger partial charge < -0.3 is 0 Å². The Hall–Kier alpha value is -1.79. The van der Waals surface area contributed by atoms with Crippen LogP contribution in [0.1, 0.15) is 35.8 Å². The van der Waals surface area contributed by atoms with E-state index in [0.717, 1.165) is 44.6 Å². The lowest BCUT2D eigenvalue weighted by atomic mass is 9.97. The number of thiophene rings is 1. The topological polar surface area (TPSA) is 50.2 Å². The monoisotopic (exact) mass is 400 g/mol. The predicted octanol–water partition coefficient (Wildman–Crippen LogP) is 5.17. The molecule has 2 aromatic heterocycles. The summed E-state index contributed by atoms with van der Waals surface area (Å²) in [6.45, 7) is 2.00. The summed E-state index contributed by atoms with van der Waals surface area (Å²) in [5.41, 5.74) is 6.60. The standard InChI is InChI=1S/C18H17BrN4S/c1-11(12-6-8-13(19)9-7-12)22-23-17-16-14-4-2-3-5-15(14)24-18(16)21-10-20-17/h6-10H,2-5H2,1H3,(H,20,21,23)/b22-11-. The summed E-state index contributed by atoms with van der Waals surface area (Å²) in [4.78, 5) is 11.4. The molecule has 4 nitrogen and oxygen atoms in total. The molecule has 24 heavy (non-hydrogen) atoms. The largest absolute Gasteiger partial charge is 0.260 e. The Morgan fingerprint density at radius 3 is 2.79 bits per heavy atom. The third-order valence-corrected chi connectivity index (χ3v) is 6.07. The molecule has 2 heterocycles. The van der Waals surface area contributed by atoms with Gasteiger partial charge in [0.25, 0.3) is 0 Å². The lowest BCUT2D eigenvalue weighted by Crippen LogP contribution is -2.03. The molecule has 0 aliphatic heterocycles. The lowest BCUT2D eigenvalue weighted by Gasteiger charge is -2.11. The maximum atomic E-state index is 4.54. The smallest absolute Gasteiger partial charge is 0.158 e. The van der Waals surface area contributed by atoms with Crippen LogP contribution in [0.5, 0.6) is 0 Å². The fourth-order valence-corrected chi connectivity index (χ4v) is 4.56. The Morgan fingerprint density at radius 2 is 1.96 bits per heavy atom. The Kier molecular flexibility index (Phi) is 4.33. The Morgan fingerprint density at radius 1 is 1.17 bits per heavy atom. The average Bonchev–Trinajstić information content (AvgIpc) is 2.99. The van der Waals surface area contributed by atoms with Crippen LogP contribution in [0.15, 0.2) is 40.2 Å². The predicted molar refractivity (Wildman–Crippen MR) is 104 cm³/mol. The molecule has 4 rings (SSSR count). The maximum absolute atomic E-state index is 4.54. The molecule has 122 valence electrons. The first-order valence-corrected chi connectivity index (χ1v) is 9.65. The van der Waals surface area contributed by atoms with Gasteiger partial charge in [-0.1, -0.05) is 28.1 Å². The number of nitrogens with zero attached hydrogens (tertiary/aromatic N) is 3. The van der Waals surface area contributed by atoms with Crippen molar-refractivity contribution in [2.24, 2.45) is 5.10 Å². The van der Waals surface area contributed by atoms with Crippen LogP contribution >= 0.6 is 27.3 Å². The number of anilines is 1. The highest BCUT2D eigenvalue weighted by molar-refractivity contribution is 9.10. The number of aromatic nitrogens is 2. The van der Waals surface area contributed by atoms with E-state index in [-0.39, 0.29) is 0 Å². The van der Waals surface area contributed by atoms with Crippen molar-refractivity contribution in [1.82, 2.24) is 9.97 Å². The van der Waals surface area contributed by atoms with Crippen LogP contribution in [0.3, 0.4) is 0 Å². The van der Waals surface area contributed by atoms with Gasteiger partial charge in [0.2, 0.25) is 0 Å². The summed E-state index contributed by atoms with van der Waals surface area (Å²) in [5.74, 6) is 0.816. The van der Waals surface area contributed by atoms with Gasteiger partial charge in [-0.2, -0.15) is 5.10 Å². The van der Waals surface area contributed by atoms with Crippen LogP contribution < -0.4 is 5.43 Å². The van der Waals surface area contributed by atoms with Crippen LogP contribution in [0.4, 0.5) is 5.82 Å². The second-order valence-electron chi connectivity index (χ2n) is 5.93. The SMILES string of the molecule is C/C(=N/Nc1ncnc2sc3c(c12)CCCC3)c1ccc(Br)cc1. The number of fused-ring (bicyclic) bond motifs is 3. The van der Waals surface area contributed by atoms with E-state index < -0.39 is 0 Å². The molecule has 1 aliphatic rings. The summed E-state index contributed by atoms with van der Waals surface area (Å²) >= 11 is 5.26. The molecule has 0 radical (unpaired) electrons. The van der Waals surface area contributed by atoms with Crippen LogP contribution in [0, 0.1) is 0 Å². The van der Waals surface area contributed by atoms with Crippen molar-refractivity contribution in [1.29, 1.82) is 0 Å². The summed E-state index contributed by atoms with van der Waals surface area (Å²) in [6, 6.07) is 8.14. The van der Waals surface area contributed by atoms with Gasteiger partial charge in [0.1, 0.15) is 11.2 Å². The molecule has 3 aromatic rings. The van der Waals surface area contributed by atoms with Crippen molar-refractivity contribution in [3.8, 4) is 0 Å². The first-order chi connectivity index (χ1) is 11.7. The highest BCUT2D eigenvalue weighted by atomic mass is 79.9. The van der Waals surface area contributed by atoms with Crippen molar-refractivity contribution < 1.29 is 0 Å². The molecule has 0 saturated carbocycles. The number of hydrogen-bond acceptors (Lipinski definition) is 5. The van der Waals surface area contributed by atoms with E-state index in [1.807, 2.05) is 31.2 Å². The molecule has 1 N–H and O–H groups in total. The molecular formula is C18H17BrN4S. The molecule has 0 fully saturated rings. The maximum Gasteiger partial charge on any atom is 0.158 e. The Balaban J connectivity index is 1.68. The number of benzene rings is 1. The van der Waals surface area contributed by atoms with Crippen molar-refractivity contribution >= 4 is 49.0 Å². The molecule has 0 spiro atoms. The first kappa shape index (κ1) is 15.7. The molecule has 0 atom stereocenters. The van der Waals surface area contributed by atoms with Gasteiger partial charge in [-0.3, -0.25) is 5.43 Å². The molecule has 0 unspecified atom stereocenters. The summed E-state index contributed by atoms with van der Waals surface area (Å²) in [7, 11) is 0. The minimum Gasteiger partial charge on any atom is -0.260 e. The average molecular weight is 401 g/mol.